The molecule has 3 atom stereocenters. The summed E-state index contributed by atoms with van der Waals surface area (Å²) in [5.74, 6) is 0.403. The fraction of sp³-hybridized carbons (Fsp3) is 0.654. The van der Waals surface area contributed by atoms with E-state index in [4.69, 9.17) is 4.74 Å². The van der Waals surface area contributed by atoms with Crippen molar-refractivity contribution in [3.63, 3.8) is 0 Å². The lowest BCUT2D eigenvalue weighted by Gasteiger charge is -2.29. The van der Waals surface area contributed by atoms with Crippen molar-refractivity contribution in [1.82, 2.24) is 10.6 Å². The molecule has 0 saturated heterocycles. The maximum absolute atomic E-state index is 13.2. The van der Waals surface area contributed by atoms with Gasteiger partial charge in [-0.2, -0.15) is 11.8 Å². The number of benzene rings is 1. The molecule has 0 aromatic heterocycles. The predicted octanol–water partition coefficient (Wildman–Crippen LogP) is 5.49. The molecule has 0 spiro atoms. The van der Waals surface area contributed by atoms with Crippen LogP contribution in [0.15, 0.2) is 30.3 Å². The summed E-state index contributed by atoms with van der Waals surface area (Å²) in [6, 6.07) is 8.70. The van der Waals surface area contributed by atoms with Gasteiger partial charge >= 0.3 is 12.1 Å². The van der Waals surface area contributed by atoms with Crippen LogP contribution in [-0.2, 0) is 20.7 Å². The average Bonchev–Trinajstić information content (AvgIpc) is 2.75. The fourth-order valence-corrected chi connectivity index (χ4v) is 6.35. The van der Waals surface area contributed by atoms with Crippen molar-refractivity contribution in [1.29, 1.82) is 0 Å². The Morgan fingerprint density at radius 1 is 0.972 bits per heavy atom. The van der Waals surface area contributed by atoms with Crippen LogP contribution in [-0.4, -0.2) is 64.3 Å². The second-order valence-corrected chi connectivity index (χ2v) is 14.3. The number of rotatable bonds is 14. The van der Waals surface area contributed by atoms with Crippen LogP contribution < -0.4 is 10.6 Å². The Balaban J connectivity index is 2.80. The largest absolute Gasteiger partial charge is 0.480 e. The lowest BCUT2D eigenvalue weighted by molar-refractivity contribution is -0.145. The highest BCUT2D eigenvalue weighted by molar-refractivity contribution is 8.76. The number of hydrogen-bond acceptors (Lipinski definition) is 7. The quantitative estimate of drug-likeness (QED) is 0.203. The number of aliphatic carboxylic acids is 1. The number of hydrogen-bond donors (Lipinski definition) is 3. The van der Waals surface area contributed by atoms with Gasteiger partial charge in [0.15, 0.2) is 0 Å². The molecular formula is C26H42N2O5S3. The van der Waals surface area contributed by atoms with Crippen molar-refractivity contribution in [3.05, 3.63) is 35.9 Å². The average molecular weight is 559 g/mol. The van der Waals surface area contributed by atoms with Crippen LogP contribution in [0.25, 0.3) is 0 Å². The molecule has 0 bridgehead atoms. The smallest absolute Gasteiger partial charge is 0.407 e. The van der Waals surface area contributed by atoms with Gasteiger partial charge in [-0.05, 0) is 56.6 Å². The van der Waals surface area contributed by atoms with E-state index >= 15 is 0 Å². The number of ether oxygens (including phenoxy) is 1. The second-order valence-electron chi connectivity index (χ2n) is 10.7. The second kappa shape index (κ2) is 15.7. The van der Waals surface area contributed by atoms with Crippen LogP contribution in [0.2, 0.25) is 0 Å². The first-order chi connectivity index (χ1) is 16.7. The third-order valence-electron chi connectivity index (χ3n) is 5.11. The Labute approximate surface area is 228 Å². The van der Waals surface area contributed by atoms with Gasteiger partial charge in [0, 0.05) is 17.5 Å². The number of amides is 2. The zero-order valence-electron chi connectivity index (χ0n) is 22.5. The van der Waals surface area contributed by atoms with Gasteiger partial charge in [0.25, 0.3) is 0 Å². The molecular weight excluding hydrogens is 516 g/mol. The zero-order valence-corrected chi connectivity index (χ0v) is 24.9. The Bertz CT molecular complexity index is 825. The Morgan fingerprint density at radius 3 is 2.11 bits per heavy atom. The van der Waals surface area contributed by atoms with Crippen LogP contribution in [0.4, 0.5) is 4.79 Å². The highest BCUT2D eigenvalue weighted by atomic mass is 33.1. The SMILES string of the molecule is CSCCC(CSSCC(Cc1ccccc1)C(=O)NC(C(=O)O)C(C)(C)C)NC(=O)OC(C)(C)C. The number of carboxylic acids is 1. The molecule has 10 heteroatoms. The van der Waals surface area contributed by atoms with Crippen LogP contribution in [0, 0.1) is 11.3 Å². The molecule has 36 heavy (non-hydrogen) atoms. The van der Waals surface area contributed by atoms with E-state index in [1.165, 1.54) is 0 Å². The zero-order chi connectivity index (χ0) is 27.4. The molecule has 0 radical (unpaired) electrons. The van der Waals surface area contributed by atoms with Gasteiger partial charge in [0.1, 0.15) is 11.6 Å². The van der Waals surface area contributed by atoms with Crippen LogP contribution >= 0.6 is 33.3 Å². The summed E-state index contributed by atoms with van der Waals surface area (Å²) in [6.45, 7) is 10.9. The van der Waals surface area contributed by atoms with Crippen molar-refractivity contribution < 1.29 is 24.2 Å². The summed E-state index contributed by atoms with van der Waals surface area (Å²) in [4.78, 5) is 37.2. The molecule has 204 valence electrons. The predicted molar refractivity (Wildman–Crippen MR) is 154 cm³/mol. The summed E-state index contributed by atoms with van der Waals surface area (Å²) >= 11 is 1.72. The molecule has 0 aliphatic heterocycles. The van der Waals surface area contributed by atoms with Gasteiger partial charge in [-0.3, -0.25) is 4.79 Å². The third-order valence-corrected chi connectivity index (χ3v) is 8.31. The molecule has 1 rings (SSSR count). The molecule has 3 N–H and O–H groups in total. The first-order valence-electron chi connectivity index (χ1n) is 12.0. The molecule has 2 amide bonds. The van der Waals surface area contributed by atoms with Crippen LogP contribution in [0.3, 0.4) is 0 Å². The van der Waals surface area contributed by atoms with E-state index in [1.807, 2.05) is 57.4 Å². The third kappa shape index (κ3) is 13.7. The number of carbonyl (C=O) groups excluding carboxylic acids is 2. The number of nitrogens with one attached hydrogen (secondary N) is 2. The van der Waals surface area contributed by atoms with Gasteiger partial charge in [0.2, 0.25) is 5.91 Å². The van der Waals surface area contributed by atoms with Crippen molar-refractivity contribution in [2.45, 2.75) is 72.1 Å². The van der Waals surface area contributed by atoms with Gasteiger partial charge in [-0.25, -0.2) is 9.59 Å². The minimum Gasteiger partial charge on any atom is -0.480 e. The lowest BCUT2D eigenvalue weighted by Crippen LogP contribution is -2.51. The van der Waals surface area contributed by atoms with Crippen molar-refractivity contribution in [3.8, 4) is 0 Å². The number of thioether (sulfide) groups is 1. The molecule has 0 fully saturated rings. The minimum absolute atomic E-state index is 0.0523. The summed E-state index contributed by atoms with van der Waals surface area (Å²) in [7, 11) is 3.16. The van der Waals surface area contributed by atoms with Gasteiger partial charge in [0.05, 0.1) is 5.92 Å². The van der Waals surface area contributed by atoms with E-state index in [0.29, 0.717) is 17.9 Å². The Hall–Kier alpha value is -1.52. The molecule has 0 aliphatic rings. The minimum atomic E-state index is -1.04. The van der Waals surface area contributed by atoms with E-state index in [-0.39, 0.29) is 11.9 Å². The Morgan fingerprint density at radius 2 is 1.58 bits per heavy atom. The molecule has 1 aromatic carbocycles. The van der Waals surface area contributed by atoms with Gasteiger partial charge in [-0.15, -0.1) is 0 Å². The molecule has 0 heterocycles. The maximum Gasteiger partial charge on any atom is 0.407 e. The van der Waals surface area contributed by atoms with Crippen LogP contribution in [0.1, 0.15) is 53.5 Å². The van der Waals surface area contributed by atoms with Gasteiger partial charge in [-0.1, -0.05) is 72.7 Å². The van der Waals surface area contributed by atoms with Crippen LogP contribution in [0.5, 0.6) is 0 Å². The first kappa shape index (κ1) is 32.5. The molecule has 7 nitrogen and oxygen atoms in total. The van der Waals surface area contributed by atoms with E-state index in [2.05, 4.69) is 10.6 Å². The van der Waals surface area contributed by atoms with Gasteiger partial charge < -0.3 is 20.5 Å². The van der Waals surface area contributed by atoms with Crippen molar-refractivity contribution >= 4 is 51.3 Å². The van der Waals surface area contributed by atoms with E-state index < -0.39 is 35.0 Å². The highest BCUT2D eigenvalue weighted by Gasteiger charge is 2.34. The summed E-state index contributed by atoms with van der Waals surface area (Å²) in [5.41, 5.74) is -0.150. The summed E-state index contributed by atoms with van der Waals surface area (Å²) in [5, 5.41) is 15.4. The van der Waals surface area contributed by atoms with E-state index in [1.54, 1.807) is 54.1 Å². The Kier molecular flexibility index (Phi) is 14.1. The van der Waals surface area contributed by atoms with E-state index in [9.17, 15) is 19.5 Å². The van der Waals surface area contributed by atoms with E-state index in [0.717, 1.165) is 17.7 Å². The molecule has 0 saturated carbocycles. The number of carbonyl (C=O) groups is 3. The first-order valence-corrected chi connectivity index (χ1v) is 15.9. The highest BCUT2D eigenvalue weighted by Crippen LogP contribution is 2.28. The lowest BCUT2D eigenvalue weighted by atomic mass is 9.86. The monoisotopic (exact) mass is 558 g/mol. The molecule has 1 aromatic rings. The maximum atomic E-state index is 13.2. The fourth-order valence-electron chi connectivity index (χ4n) is 3.23. The topological polar surface area (TPSA) is 105 Å². The standard InChI is InChI=1S/C26H42N2O5S3/c1-25(2,3)21(23(30)31)28-22(29)19(15-18-11-9-8-10-12-18)16-35-36-17-20(13-14-34-7)27-24(32)33-26(4,5)6/h8-12,19-21H,13-17H2,1-7H3,(H,27,32)(H,28,29)(H,30,31). The number of alkyl carbamates (subject to hydrolysis) is 1. The molecule has 3 unspecified atom stereocenters. The normalized spacial score (nSPS) is 14.4. The summed E-state index contributed by atoms with van der Waals surface area (Å²) < 4.78 is 5.40. The van der Waals surface area contributed by atoms with Crippen molar-refractivity contribution in [2.75, 3.05) is 23.5 Å². The number of carboxylic acid groups (broad SMARTS) is 1. The summed E-state index contributed by atoms with van der Waals surface area (Å²) in [6.07, 6.45) is 2.93. The molecule has 0 aliphatic carbocycles. The van der Waals surface area contributed by atoms with Crippen molar-refractivity contribution in [2.24, 2.45) is 11.3 Å².